The molecular formula is C24H27KN4O3. The van der Waals surface area contributed by atoms with Crippen LogP contribution in [0.15, 0.2) is 30.3 Å². The van der Waals surface area contributed by atoms with Gasteiger partial charge in [-0.3, -0.25) is 0 Å². The number of rotatable bonds is 5. The van der Waals surface area contributed by atoms with Gasteiger partial charge in [-0.05, 0) is 37.5 Å². The number of nitriles is 1. The Morgan fingerprint density at radius 3 is 2.44 bits per heavy atom. The minimum Gasteiger partial charge on any atom is -0.682 e. The predicted octanol–water partition coefficient (Wildman–Crippen LogP) is 2.25. The monoisotopic (exact) mass is 458 g/mol. The van der Waals surface area contributed by atoms with E-state index < -0.39 is 0 Å². The molecule has 1 aliphatic carbocycles. The van der Waals surface area contributed by atoms with Gasteiger partial charge in [0.25, 0.3) is 0 Å². The Morgan fingerprint density at radius 2 is 1.78 bits per heavy atom. The van der Waals surface area contributed by atoms with Crippen LogP contribution >= 0.6 is 0 Å². The molecule has 0 atom stereocenters. The van der Waals surface area contributed by atoms with Gasteiger partial charge in [-0.2, -0.15) is 5.26 Å². The number of anilines is 1. The van der Waals surface area contributed by atoms with E-state index in [9.17, 15) is 10.1 Å². The number of amides is 2. The van der Waals surface area contributed by atoms with E-state index in [2.05, 4.69) is 18.3 Å². The molecule has 0 unspecified atom stereocenters. The second kappa shape index (κ2) is 10.9. The number of nitrogens with zero attached hydrogens (tertiary/aromatic N) is 3. The third kappa shape index (κ3) is 5.08. The molecule has 162 valence electrons. The molecule has 0 radical (unpaired) electrons. The molecule has 0 bridgehead atoms. The number of fused-ring (bicyclic) bond motifs is 1. The fourth-order valence-corrected chi connectivity index (χ4v) is 4.53. The quantitative estimate of drug-likeness (QED) is 0.696. The minimum atomic E-state index is -0.0643. The Morgan fingerprint density at radius 1 is 1.09 bits per heavy atom. The van der Waals surface area contributed by atoms with Gasteiger partial charge in [0, 0.05) is 11.6 Å². The van der Waals surface area contributed by atoms with Crippen molar-refractivity contribution in [2.24, 2.45) is 0 Å². The number of ether oxygens (including phenoxy) is 2. The zero-order valence-corrected chi connectivity index (χ0v) is 22.3. The maximum Gasteiger partial charge on any atom is 1.00 e. The Labute approximate surface area is 231 Å². The summed E-state index contributed by atoms with van der Waals surface area (Å²) in [5, 5.41) is 17.2. The van der Waals surface area contributed by atoms with Gasteiger partial charge in [-0.15, -0.1) is 11.7 Å². The molecule has 7 nitrogen and oxygen atoms in total. The molecule has 1 N–H and O–H groups in total. The van der Waals surface area contributed by atoms with Crippen LogP contribution in [0.3, 0.4) is 0 Å². The number of carbonyl (C=O) groups excluding carboxylic acids is 1. The maximum atomic E-state index is 12.8. The summed E-state index contributed by atoms with van der Waals surface area (Å²) in [5.41, 5.74) is 4.35. The summed E-state index contributed by atoms with van der Waals surface area (Å²) in [6, 6.07) is 11.9. The molecule has 0 saturated heterocycles. The van der Waals surface area contributed by atoms with Crippen LogP contribution in [0.25, 0.3) is 5.32 Å². The molecule has 4 rings (SSSR count). The van der Waals surface area contributed by atoms with Gasteiger partial charge in [-0.1, -0.05) is 31.0 Å². The fraction of sp³-hybridized carbons (Fsp3) is 0.417. The molecule has 1 aliphatic heterocycles. The summed E-state index contributed by atoms with van der Waals surface area (Å²) in [7, 11) is 3.18. The zero-order chi connectivity index (χ0) is 22.0. The first-order chi connectivity index (χ1) is 15.0. The van der Waals surface area contributed by atoms with Gasteiger partial charge < -0.3 is 25.0 Å². The van der Waals surface area contributed by atoms with Gasteiger partial charge in [0.05, 0.1) is 32.0 Å². The van der Waals surface area contributed by atoms with Crippen LogP contribution in [-0.2, 0) is 6.54 Å². The van der Waals surface area contributed by atoms with Gasteiger partial charge >= 0.3 is 57.4 Å². The largest absolute Gasteiger partial charge is 1.00 e. The predicted molar refractivity (Wildman–Crippen MR) is 119 cm³/mol. The Bertz CT molecular complexity index is 1030. The van der Waals surface area contributed by atoms with Crippen LogP contribution in [0.4, 0.5) is 16.2 Å². The van der Waals surface area contributed by atoms with E-state index in [1.54, 1.807) is 26.4 Å². The average Bonchev–Trinajstić information content (AvgIpc) is 2.79. The molecule has 2 aromatic rings. The molecule has 1 heterocycles. The molecule has 0 spiro atoms. The summed E-state index contributed by atoms with van der Waals surface area (Å²) in [6.07, 6.45) is 3.63. The van der Waals surface area contributed by atoms with Gasteiger partial charge in [0.15, 0.2) is 0 Å². The van der Waals surface area contributed by atoms with Crippen molar-refractivity contribution in [1.29, 1.82) is 5.26 Å². The second-order valence-corrected chi connectivity index (χ2v) is 8.08. The molecule has 0 aromatic heterocycles. The number of urea groups is 1. The zero-order valence-electron chi connectivity index (χ0n) is 19.1. The Kier molecular flexibility index (Phi) is 8.47. The minimum absolute atomic E-state index is 0. The first kappa shape index (κ1) is 24.9. The molecule has 2 aromatic carbocycles. The van der Waals surface area contributed by atoms with Gasteiger partial charge in [-0.25, -0.2) is 4.79 Å². The summed E-state index contributed by atoms with van der Waals surface area (Å²) in [6.45, 7) is 2.66. The van der Waals surface area contributed by atoms with E-state index in [1.165, 1.54) is 0 Å². The van der Waals surface area contributed by atoms with E-state index in [1.807, 2.05) is 23.1 Å². The maximum absolute atomic E-state index is 12.8. The smallest absolute Gasteiger partial charge is 0.682 e. The van der Waals surface area contributed by atoms with Crippen molar-refractivity contribution >= 4 is 17.4 Å². The second-order valence-electron chi connectivity index (χ2n) is 8.08. The third-order valence-electron chi connectivity index (χ3n) is 6.29. The SMILES string of the molecule is COc1ccc([N-]C2CCC(N3Cc4c(C)ccc(OC)c4NC3=O)CC2)cc1C#N.[K+]. The number of carbonyl (C=O) groups is 1. The van der Waals surface area contributed by atoms with Crippen molar-refractivity contribution in [2.75, 3.05) is 19.5 Å². The first-order valence-electron chi connectivity index (χ1n) is 10.6. The van der Waals surface area contributed by atoms with Crippen LogP contribution in [0.5, 0.6) is 11.5 Å². The van der Waals surface area contributed by atoms with Crippen LogP contribution in [0.2, 0.25) is 0 Å². The number of benzene rings is 2. The topological polar surface area (TPSA) is 88.7 Å². The van der Waals surface area contributed by atoms with Gasteiger partial charge in [0.2, 0.25) is 0 Å². The van der Waals surface area contributed by atoms with Crippen LogP contribution in [0, 0.1) is 18.3 Å². The molecule has 2 aliphatic rings. The fourth-order valence-electron chi connectivity index (χ4n) is 4.53. The Hall–Kier alpha value is -1.76. The van der Waals surface area contributed by atoms with E-state index in [4.69, 9.17) is 14.8 Å². The number of aryl methyl sites for hydroxylation is 1. The number of hydrogen-bond donors (Lipinski definition) is 1. The molecule has 32 heavy (non-hydrogen) atoms. The number of methoxy groups -OCH3 is 2. The van der Waals surface area contributed by atoms with E-state index in [0.717, 1.165) is 48.2 Å². The van der Waals surface area contributed by atoms with Crippen LogP contribution in [0.1, 0.15) is 42.4 Å². The van der Waals surface area contributed by atoms with Crippen molar-refractivity contribution < 1.29 is 65.7 Å². The van der Waals surface area contributed by atoms with Crippen molar-refractivity contribution in [3.05, 3.63) is 52.3 Å². The normalized spacial score (nSPS) is 19.7. The standard InChI is InChI=1S/C24H27N4O3.K/c1-15-4-10-22(31-3)23-20(15)14-28(24(29)27-23)19-8-5-17(6-9-19)26-18-7-11-21(30-2)16(12-18)13-25;/h4,7,10-12,17,19H,5-6,8-9,14H2,1-3H3,(H,27,29);/q-1;+1. The van der Waals surface area contributed by atoms with E-state index >= 15 is 0 Å². The summed E-state index contributed by atoms with van der Waals surface area (Å²) in [5.74, 6) is 1.26. The van der Waals surface area contributed by atoms with E-state index in [-0.39, 0.29) is 69.5 Å². The molecule has 8 heteroatoms. The number of nitrogens with one attached hydrogen (secondary N) is 1. The van der Waals surface area contributed by atoms with Crippen LogP contribution < -0.4 is 66.2 Å². The van der Waals surface area contributed by atoms with Crippen molar-refractivity contribution in [1.82, 2.24) is 4.90 Å². The third-order valence-corrected chi connectivity index (χ3v) is 6.29. The average molecular weight is 459 g/mol. The van der Waals surface area contributed by atoms with Crippen molar-refractivity contribution in [2.45, 2.75) is 51.2 Å². The Balaban J connectivity index is 0.00000289. The summed E-state index contributed by atoms with van der Waals surface area (Å²) < 4.78 is 10.6. The molecular weight excluding hydrogens is 431 g/mol. The van der Waals surface area contributed by atoms with Gasteiger partial charge in [0.1, 0.15) is 17.6 Å². The summed E-state index contributed by atoms with van der Waals surface area (Å²) >= 11 is 0. The van der Waals surface area contributed by atoms with E-state index in [0.29, 0.717) is 23.6 Å². The molecule has 2 amide bonds. The molecule has 1 saturated carbocycles. The number of hydrogen-bond acceptors (Lipinski definition) is 4. The summed E-state index contributed by atoms with van der Waals surface area (Å²) in [4.78, 5) is 14.8. The van der Waals surface area contributed by atoms with Crippen molar-refractivity contribution in [3.8, 4) is 17.6 Å². The van der Waals surface area contributed by atoms with Crippen LogP contribution in [-0.4, -0.2) is 37.2 Å². The van der Waals surface area contributed by atoms with Crippen molar-refractivity contribution in [3.63, 3.8) is 0 Å². The first-order valence-corrected chi connectivity index (χ1v) is 10.6. The molecule has 1 fully saturated rings.